The van der Waals surface area contributed by atoms with Crippen molar-refractivity contribution in [2.75, 3.05) is 178 Å². The predicted molar refractivity (Wildman–Crippen MR) is 252 cm³/mol. The number of hydrogen-bond donors (Lipinski definition) is 2. The summed E-state index contributed by atoms with van der Waals surface area (Å²) in [5.41, 5.74) is 0.232. The Morgan fingerprint density at radius 3 is 1.24 bits per heavy atom. The summed E-state index contributed by atoms with van der Waals surface area (Å²) in [6, 6.07) is 6.31. The predicted octanol–water partition coefficient (Wildman–Crippen LogP) is 3.96. The van der Waals surface area contributed by atoms with Crippen molar-refractivity contribution in [1.29, 1.82) is 0 Å². The fraction of sp³-hybridized carbons (Fsp3) is 0.812. The first-order valence-corrected chi connectivity index (χ1v) is 24.2. The van der Waals surface area contributed by atoms with Crippen molar-refractivity contribution in [3.63, 3.8) is 0 Å². The molecule has 1 atom stereocenters. The van der Waals surface area contributed by atoms with Gasteiger partial charge < -0.3 is 81.7 Å². The molecule has 0 aliphatic carbocycles. The summed E-state index contributed by atoms with van der Waals surface area (Å²) < 4.78 is 82.2. The van der Waals surface area contributed by atoms with Crippen molar-refractivity contribution in [3.05, 3.63) is 29.8 Å². The highest BCUT2D eigenvalue weighted by Crippen LogP contribution is 2.14. The van der Waals surface area contributed by atoms with E-state index in [4.69, 9.17) is 71.1 Å². The third-order valence-electron chi connectivity index (χ3n) is 8.68. The van der Waals surface area contributed by atoms with Gasteiger partial charge in [0.2, 0.25) is 5.91 Å². The van der Waals surface area contributed by atoms with Crippen molar-refractivity contribution in [1.82, 2.24) is 10.6 Å². The molecule has 0 bridgehead atoms. The van der Waals surface area contributed by atoms with Gasteiger partial charge in [-0.3, -0.25) is 4.79 Å². The van der Waals surface area contributed by atoms with Gasteiger partial charge in [-0.15, -0.1) is 0 Å². The number of esters is 1. The lowest BCUT2D eigenvalue weighted by Crippen LogP contribution is -2.43. The average molecular weight is 979 g/mol. The molecule has 1 rings (SSSR count). The van der Waals surface area contributed by atoms with Gasteiger partial charge in [-0.2, -0.15) is 0 Å². The minimum Gasteiger partial charge on any atom is -0.492 e. The molecule has 68 heavy (non-hydrogen) atoms. The van der Waals surface area contributed by atoms with Crippen LogP contribution in [-0.2, 0) is 82.3 Å². The van der Waals surface area contributed by atoms with Gasteiger partial charge in [0.15, 0.2) is 0 Å². The Bertz CT molecular complexity index is 1310. The molecule has 1 aromatic rings. The molecular formula is C48H86N2O18. The topological polar surface area (TPSA) is 214 Å². The van der Waals surface area contributed by atoms with Crippen molar-refractivity contribution in [2.24, 2.45) is 0 Å². The number of nitrogens with one attached hydrogen (secondary N) is 2. The molecule has 2 N–H and O–H groups in total. The number of amides is 2. The standard InChI is InChI=1S/C48H86N2O18/c1-6-8-16-67-46(52)44(41-42-9-11-43(12-10-42)66-18-14-49-47(53)68-48(3,4)5)50-45(51)13-17-55-20-22-57-24-26-59-28-30-61-32-34-63-36-38-65-40-39-64-37-35-62-33-31-60-29-27-58-25-23-56-21-19-54-15-7-2/h9-12,44H,6-8,13-41H2,1-5H3,(H,49,53)(H,50,51)/t44-/m0/s1. The molecule has 0 fully saturated rings. The van der Waals surface area contributed by atoms with Crippen molar-refractivity contribution < 1.29 is 85.4 Å². The molecule has 0 aliphatic rings. The zero-order valence-electron chi connectivity index (χ0n) is 41.9. The summed E-state index contributed by atoms with van der Waals surface area (Å²) in [6.45, 7) is 21.7. The number of alkyl carbamates (subject to hydrolysis) is 1. The van der Waals surface area contributed by atoms with Gasteiger partial charge >= 0.3 is 12.1 Å². The van der Waals surface area contributed by atoms with Crippen LogP contribution in [0.5, 0.6) is 5.75 Å². The smallest absolute Gasteiger partial charge is 0.407 e. The van der Waals surface area contributed by atoms with Crippen molar-refractivity contribution in [3.8, 4) is 5.75 Å². The van der Waals surface area contributed by atoms with E-state index in [2.05, 4.69) is 17.6 Å². The van der Waals surface area contributed by atoms with E-state index in [0.717, 1.165) is 31.4 Å². The van der Waals surface area contributed by atoms with Crippen molar-refractivity contribution >= 4 is 18.0 Å². The highest BCUT2D eigenvalue weighted by molar-refractivity contribution is 5.84. The lowest BCUT2D eigenvalue weighted by atomic mass is 10.1. The molecule has 20 heteroatoms. The van der Waals surface area contributed by atoms with Crippen LogP contribution in [0.25, 0.3) is 0 Å². The van der Waals surface area contributed by atoms with Gasteiger partial charge in [0, 0.05) is 19.4 Å². The third kappa shape index (κ3) is 42.8. The molecule has 0 unspecified atom stereocenters. The second-order valence-electron chi connectivity index (χ2n) is 15.9. The second kappa shape index (κ2) is 46.2. The molecule has 0 aliphatic heterocycles. The van der Waals surface area contributed by atoms with Crippen LogP contribution in [0.3, 0.4) is 0 Å². The maximum atomic E-state index is 12.9. The molecule has 2 amide bonds. The minimum atomic E-state index is -0.861. The van der Waals surface area contributed by atoms with Gasteiger partial charge in [-0.1, -0.05) is 32.4 Å². The summed E-state index contributed by atoms with van der Waals surface area (Å²) >= 11 is 0. The average Bonchev–Trinajstić information content (AvgIpc) is 3.31. The zero-order chi connectivity index (χ0) is 49.4. The third-order valence-corrected chi connectivity index (χ3v) is 8.68. The van der Waals surface area contributed by atoms with Gasteiger partial charge in [0.05, 0.1) is 165 Å². The normalized spacial score (nSPS) is 12.0. The van der Waals surface area contributed by atoms with Crippen LogP contribution in [0, 0.1) is 0 Å². The maximum absolute atomic E-state index is 12.9. The van der Waals surface area contributed by atoms with Crippen LogP contribution in [-0.4, -0.2) is 208 Å². The number of unbranched alkanes of at least 4 members (excludes halogenated alkanes) is 1. The lowest BCUT2D eigenvalue weighted by Gasteiger charge is -2.19. The molecular weight excluding hydrogens is 893 g/mol. The molecule has 20 nitrogen and oxygen atoms in total. The summed E-state index contributed by atoms with van der Waals surface area (Å²) in [6.07, 6.45) is 2.42. The van der Waals surface area contributed by atoms with Gasteiger partial charge in [-0.25, -0.2) is 9.59 Å². The van der Waals surface area contributed by atoms with E-state index < -0.39 is 23.7 Å². The number of benzene rings is 1. The first kappa shape index (κ1) is 62.8. The van der Waals surface area contributed by atoms with E-state index in [9.17, 15) is 14.4 Å². The number of hydrogen-bond acceptors (Lipinski definition) is 18. The Balaban J connectivity index is 1.94. The Morgan fingerprint density at radius 1 is 0.485 bits per heavy atom. The zero-order valence-corrected chi connectivity index (χ0v) is 41.9. The Hall–Kier alpha value is -3.25. The van der Waals surface area contributed by atoms with Gasteiger partial charge in [0.25, 0.3) is 0 Å². The molecule has 396 valence electrons. The molecule has 0 spiro atoms. The molecule has 0 heterocycles. The quantitative estimate of drug-likeness (QED) is 0.0699. The molecule has 0 saturated heterocycles. The van der Waals surface area contributed by atoms with E-state index in [1.54, 1.807) is 32.9 Å². The monoisotopic (exact) mass is 979 g/mol. The highest BCUT2D eigenvalue weighted by Gasteiger charge is 2.23. The van der Waals surface area contributed by atoms with Crippen LogP contribution in [0.1, 0.15) is 65.9 Å². The Kier molecular flexibility index (Phi) is 42.6. The van der Waals surface area contributed by atoms with E-state index in [0.29, 0.717) is 151 Å². The van der Waals surface area contributed by atoms with Gasteiger partial charge in [0.1, 0.15) is 24.0 Å². The molecule has 0 radical (unpaired) electrons. The van der Waals surface area contributed by atoms with Crippen LogP contribution in [0.4, 0.5) is 4.79 Å². The first-order valence-electron chi connectivity index (χ1n) is 24.2. The lowest BCUT2D eigenvalue weighted by molar-refractivity contribution is -0.148. The van der Waals surface area contributed by atoms with Crippen LogP contribution < -0.4 is 15.4 Å². The Labute approximate surface area is 405 Å². The van der Waals surface area contributed by atoms with Crippen LogP contribution >= 0.6 is 0 Å². The van der Waals surface area contributed by atoms with E-state index in [1.807, 2.05) is 19.1 Å². The maximum Gasteiger partial charge on any atom is 0.407 e. The Morgan fingerprint density at radius 2 is 0.868 bits per heavy atom. The fourth-order valence-corrected chi connectivity index (χ4v) is 5.30. The molecule has 0 aromatic heterocycles. The number of ether oxygens (including phenoxy) is 15. The number of rotatable bonds is 49. The largest absolute Gasteiger partial charge is 0.492 e. The van der Waals surface area contributed by atoms with Gasteiger partial charge in [-0.05, 0) is 51.3 Å². The minimum absolute atomic E-state index is 0.0714. The molecule has 0 saturated carbocycles. The summed E-state index contributed by atoms with van der Waals surface area (Å²) in [4.78, 5) is 37.4. The van der Waals surface area contributed by atoms with Crippen LogP contribution in [0.2, 0.25) is 0 Å². The second-order valence-corrected chi connectivity index (χ2v) is 15.9. The summed E-state index contributed by atoms with van der Waals surface area (Å²) in [5, 5.41) is 5.43. The van der Waals surface area contributed by atoms with E-state index in [1.165, 1.54) is 0 Å². The fourth-order valence-electron chi connectivity index (χ4n) is 5.30. The number of carbonyl (C=O) groups is 3. The number of carbonyl (C=O) groups excluding carboxylic acids is 3. The van der Waals surface area contributed by atoms with Crippen molar-refractivity contribution in [2.45, 2.75) is 78.4 Å². The van der Waals surface area contributed by atoms with E-state index in [-0.39, 0.29) is 45.1 Å². The highest BCUT2D eigenvalue weighted by atomic mass is 16.6. The summed E-state index contributed by atoms with van der Waals surface area (Å²) in [5.74, 6) is -0.225. The van der Waals surface area contributed by atoms with E-state index >= 15 is 0 Å². The first-order chi connectivity index (χ1) is 33.1. The van der Waals surface area contributed by atoms with Crippen LogP contribution in [0.15, 0.2) is 24.3 Å². The SMILES string of the molecule is CCCCOC(=O)[C@H](Cc1ccc(OCCNC(=O)OC(C)(C)C)cc1)NC(=O)CCOCCOCCOCCOCCOCCOCCOCCOCCOCCOCCOCCOCCC. The summed E-state index contributed by atoms with van der Waals surface area (Å²) in [7, 11) is 0. The molecule has 1 aromatic carbocycles.